The molecule has 1 atom stereocenters. The van der Waals surface area contributed by atoms with Crippen molar-refractivity contribution in [3.63, 3.8) is 0 Å². The van der Waals surface area contributed by atoms with Crippen LogP contribution in [0.3, 0.4) is 0 Å². The van der Waals surface area contributed by atoms with E-state index in [-0.39, 0.29) is 0 Å². The van der Waals surface area contributed by atoms with Crippen molar-refractivity contribution < 1.29 is 0 Å². The Bertz CT molecular complexity index is 411. The summed E-state index contributed by atoms with van der Waals surface area (Å²) in [6.07, 6.45) is 8.49. The van der Waals surface area contributed by atoms with Gasteiger partial charge in [-0.3, -0.25) is 0 Å². The average Bonchev–Trinajstić information content (AvgIpc) is 2.97. The Morgan fingerprint density at radius 3 is 2.55 bits per heavy atom. The number of hydrogen-bond acceptors (Lipinski definition) is 1. The maximum atomic E-state index is 3.81. The van der Waals surface area contributed by atoms with Gasteiger partial charge in [-0.2, -0.15) is 0 Å². The van der Waals surface area contributed by atoms with Crippen LogP contribution in [0, 0.1) is 5.41 Å². The maximum Gasteiger partial charge on any atom is 0.0100 e. The molecule has 0 radical (unpaired) electrons. The van der Waals surface area contributed by atoms with Gasteiger partial charge in [-0.15, -0.1) is 0 Å². The maximum absolute atomic E-state index is 3.81. The summed E-state index contributed by atoms with van der Waals surface area (Å²) in [6.45, 7) is 3.86. The molecule has 2 heteroatoms. The van der Waals surface area contributed by atoms with Crippen LogP contribution >= 0.6 is 15.9 Å². The fourth-order valence-electron chi connectivity index (χ4n) is 4.08. The smallest absolute Gasteiger partial charge is 0.0100 e. The molecule has 0 spiro atoms. The van der Waals surface area contributed by atoms with Crippen LogP contribution in [0.1, 0.15) is 50.0 Å². The van der Waals surface area contributed by atoms with Gasteiger partial charge in [-0.1, -0.05) is 65.5 Å². The Labute approximate surface area is 131 Å². The summed E-state index contributed by atoms with van der Waals surface area (Å²) in [5.41, 5.74) is 2.09. The first-order valence-corrected chi connectivity index (χ1v) is 9.27. The van der Waals surface area contributed by atoms with Crippen LogP contribution in [-0.4, -0.2) is 29.9 Å². The van der Waals surface area contributed by atoms with Crippen molar-refractivity contribution in [1.82, 2.24) is 4.90 Å². The van der Waals surface area contributed by atoms with E-state index in [0.717, 1.165) is 5.92 Å². The molecular formula is C18H26BrN. The Morgan fingerprint density at radius 2 is 1.85 bits per heavy atom. The lowest BCUT2D eigenvalue weighted by Crippen LogP contribution is -2.39. The number of rotatable bonds is 4. The molecule has 1 nitrogen and oxygen atoms in total. The molecule has 0 bridgehead atoms. The summed E-state index contributed by atoms with van der Waals surface area (Å²) < 4.78 is 0. The average molecular weight is 336 g/mol. The molecule has 1 unspecified atom stereocenters. The largest absolute Gasteiger partial charge is 0.302 e. The third-order valence-corrected chi connectivity index (χ3v) is 6.49. The minimum Gasteiger partial charge on any atom is -0.302 e. The van der Waals surface area contributed by atoms with Gasteiger partial charge in [0.25, 0.3) is 0 Å². The summed E-state index contributed by atoms with van der Waals surface area (Å²) in [4.78, 5) is 2.73. The molecule has 1 saturated carbocycles. The first-order valence-electron chi connectivity index (χ1n) is 8.15. The Morgan fingerprint density at radius 1 is 1.10 bits per heavy atom. The van der Waals surface area contributed by atoms with Gasteiger partial charge in [0.2, 0.25) is 0 Å². The van der Waals surface area contributed by atoms with E-state index in [0.29, 0.717) is 5.41 Å². The number of likely N-dealkylation sites (tertiary alicyclic amines) is 1. The van der Waals surface area contributed by atoms with E-state index in [1.165, 1.54) is 69.1 Å². The third kappa shape index (κ3) is 3.28. The highest BCUT2D eigenvalue weighted by Gasteiger charge is 2.35. The molecule has 1 aliphatic heterocycles. The highest BCUT2D eigenvalue weighted by Crippen LogP contribution is 2.40. The van der Waals surface area contributed by atoms with Crippen molar-refractivity contribution in [3.8, 4) is 0 Å². The molecule has 1 aliphatic carbocycles. The number of benzene rings is 1. The first kappa shape index (κ1) is 14.6. The van der Waals surface area contributed by atoms with Crippen LogP contribution in [-0.2, 0) is 0 Å². The third-order valence-electron chi connectivity index (χ3n) is 5.30. The van der Waals surface area contributed by atoms with Crippen LogP contribution in [0.15, 0.2) is 30.3 Å². The molecular weight excluding hydrogens is 310 g/mol. The van der Waals surface area contributed by atoms with Gasteiger partial charge in [-0.25, -0.2) is 0 Å². The normalized spacial score (nSPS) is 26.8. The number of hydrogen-bond donors (Lipinski definition) is 0. The lowest BCUT2D eigenvalue weighted by Gasteiger charge is -2.39. The van der Waals surface area contributed by atoms with Crippen LogP contribution in [0.4, 0.5) is 0 Å². The molecule has 1 aromatic carbocycles. The first-order chi connectivity index (χ1) is 9.81. The van der Waals surface area contributed by atoms with E-state index >= 15 is 0 Å². The minimum atomic E-state index is 0.559. The zero-order valence-electron chi connectivity index (χ0n) is 12.4. The molecule has 1 aromatic rings. The molecule has 2 fully saturated rings. The Balaban J connectivity index is 1.60. The molecule has 0 amide bonds. The number of alkyl halides is 1. The lowest BCUT2D eigenvalue weighted by atomic mass is 9.75. The predicted molar refractivity (Wildman–Crippen MR) is 89.6 cm³/mol. The highest BCUT2D eigenvalue weighted by molar-refractivity contribution is 9.09. The van der Waals surface area contributed by atoms with E-state index < -0.39 is 0 Å². The van der Waals surface area contributed by atoms with Crippen molar-refractivity contribution in [2.45, 2.75) is 44.4 Å². The van der Waals surface area contributed by atoms with Gasteiger partial charge < -0.3 is 4.90 Å². The van der Waals surface area contributed by atoms with Crippen molar-refractivity contribution in [2.24, 2.45) is 5.41 Å². The molecule has 1 heterocycles. The van der Waals surface area contributed by atoms with Crippen molar-refractivity contribution in [1.29, 1.82) is 0 Å². The monoisotopic (exact) mass is 335 g/mol. The van der Waals surface area contributed by atoms with Crippen molar-refractivity contribution in [3.05, 3.63) is 35.9 Å². The molecule has 1 saturated heterocycles. The van der Waals surface area contributed by atoms with E-state index in [1.54, 1.807) is 0 Å². The number of nitrogens with zero attached hydrogens (tertiary/aromatic N) is 1. The fraction of sp³-hybridized carbons (Fsp3) is 0.667. The van der Waals surface area contributed by atoms with Crippen LogP contribution in [0.5, 0.6) is 0 Å². The quantitative estimate of drug-likeness (QED) is 0.713. The second kappa shape index (κ2) is 6.62. The lowest BCUT2D eigenvalue weighted by molar-refractivity contribution is 0.144. The van der Waals surface area contributed by atoms with Gasteiger partial charge >= 0.3 is 0 Å². The minimum absolute atomic E-state index is 0.559. The van der Waals surface area contributed by atoms with Gasteiger partial charge in [0.15, 0.2) is 0 Å². The van der Waals surface area contributed by atoms with Crippen molar-refractivity contribution in [2.75, 3.05) is 25.0 Å². The molecule has 110 valence electrons. The summed E-state index contributed by atoms with van der Waals surface area (Å²) in [5.74, 6) is 0.757. The molecule has 2 aliphatic rings. The predicted octanol–water partition coefficient (Wildman–Crippen LogP) is 4.82. The standard InChI is InChI=1S/C18H26BrN/c19-14-18(10-5-2-6-11-18)15-20-12-9-17(13-20)16-7-3-1-4-8-16/h1,3-4,7-8,17H,2,5-6,9-15H2. The Kier molecular flexibility index (Phi) is 4.83. The molecule has 0 N–H and O–H groups in total. The van der Waals surface area contributed by atoms with Crippen LogP contribution in [0.25, 0.3) is 0 Å². The topological polar surface area (TPSA) is 3.24 Å². The van der Waals surface area contributed by atoms with Crippen LogP contribution in [0.2, 0.25) is 0 Å². The van der Waals surface area contributed by atoms with E-state index in [9.17, 15) is 0 Å². The fourth-order valence-corrected chi connectivity index (χ4v) is 4.82. The Hall–Kier alpha value is -0.340. The second-order valence-corrected chi connectivity index (χ2v) is 7.39. The summed E-state index contributed by atoms with van der Waals surface area (Å²) in [6, 6.07) is 11.1. The second-order valence-electron chi connectivity index (χ2n) is 6.83. The zero-order valence-corrected chi connectivity index (χ0v) is 13.9. The summed E-state index contributed by atoms with van der Waals surface area (Å²) in [5, 5.41) is 1.19. The van der Waals surface area contributed by atoms with E-state index in [2.05, 4.69) is 51.2 Å². The SMILES string of the molecule is BrCC1(CN2CCC(c3ccccc3)C2)CCCCC1. The van der Waals surface area contributed by atoms with Crippen molar-refractivity contribution >= 4 is 15.9 Å². The summed E-state index contributed by atoms with van der Waals surface area (Å²) >= 11 is 3.81. The molecule has 3 rings (SSSR count). The van der Waals surface area contributed by atoms with Gasteiger partial charge in [0, 0.05) is 18.4 Å². The van der Waals surface area contributed by atoms with Gasteiger partial charge in [-0.05, 0) is 42.7 Å². The van der Waals surface area contributed by atoms with E-state index in [4.69, 9.17) is 0 Å². The number of halogens is 1. The molecule has 20 heavy (non-hydrogen) atoms. The molecule has 0 aromatic heterocycles. The summed E-state index contributed by atoms with van der Waals surface area (Å²) in [7, 11) is 0. The van der Waals surface area contributed by atoms with Gasteiger partial charge in [0.05, 0.1) is 0 Å². The highest BCUT2D eigenvalue weighted by atomic mass is 79.9. The van der Waals surface area contributed by atoms with Gasteiger partial charge in [0.1, 0.15) is 0 Å². The van der Waals surface area contributed by atoms with Crippen LogP contribution < -0.4 is 0 Å². The zero-order chi connectivity index (χ0) is 13.8. The van der Waals surface area contributed by atoms with E-state index in [1.807, 2.05) is 0 Å².